The minimum atomic E-state index is 0.134. The molecule has 0 fully saturated rings. The molecule has 1 unspecified atom stereocenters. The molecule has 1 rings (SSSR count). The van der Waals surface area contributed by atoms with Crippen LogP contribution in [0.5, 0.6) is 0 Å². The number of nitrogens with one attached hydrogen (secondary N) is 1. The molecule has 0 bridgehead atoms. The van der Waals surface area contributed by atoms with Crippen LogP contribution < -0.4 is 5.32 Å². The Hall–Kier alpha value is -1.33. The first kappa shape index (κ1) is 11.7. The molecule has 0 aliphatic rings. The summed E-state index contributed by atoms with van der Waals surface area (Å²) >= 11 is 0. The largest absolute Gasteiger partial charge is 0.311 e. The summed E-state index contributed by atoms with van der Waals surface area (Å²) in [6.45, 7) is 5.76. The van der Waals surface area contributed by atoms with E-state index in [-0.39, 0.29) is 5.92 Å². The van der Waals surface area contributed by atoms with Gasteiger partial charge >= 0.3 is 0 Å². The average Bonchev–Trinajstić information content (AvgIpc) is 2.25. The first-order chi connectivity index (χ1) is 7.26. The van der Waals surface area contributed by atoms with E-state index in [9.17, 15) is 0 Å². The monoisotopic (exact) mass is 202 g/mol. The minimum absolute atomic E-state index is 0.134. The fourth-order valence-electron chi connectivity index (χ4n) is 1.49. The molecular formula is C13H18N2. The van der Waals surface area contributed by atoms with Crippen molar-refractivity contribution in [2.75, 3.05) is 6.54 Å². The van der Waals surface area contributed by atoms with Gasteiger partial charge in [-0.1, -0.05) is 36.8 Å². The van der Waals surface area contributed by atoms with Crippen LogP contribution in [0.4, 0.5) is 0 Å². The Morgan fingerprint density at radius 2 is 2.27 bits per heavy atom. The first-order valence-corrected chi connectivity index (χ1v) is 5.42. The van der Waals surface area contributed by atoms with E-state index >= 15 is 0 Å². The molecule has 2 nitrogen and oxygen atoms in total. The third kappa shape index (κ3) is 4.14. The molecule has 1 N–H and O–H groups in total. The molecular weight excluding hydrogens is 184 g/mol. The van der Waals surface area contributed by atoms with E-state index < -0.39 is 0 Å². The van der Waals surface area contributed by atoms with Gasteiger partial charge in [0.15, 0.2) is 0 Å². The van der Waals surface area contributed by atoms with Crippen LogP contribution in [0.1, 0.15) is 24.5 Å². The summed E-state index contributed by atoms with van der Waals surface area (Å²) in [5.41, 5.74) is 2.56. The lowest BCUT2D eigenvalue weighted by atomic mass is 10.1. The number of nitrogens with zero attached hydrogens (tertiary/aromatic N) is 1. The van der Waals surface area contributed by atoms with Gasteiger partial charge in [-0.2, -0.15) is 5.26 Å². The van der Waals surface area contributed by atoms with E-state index in [1.165, 1.54) is 11.1 Å². The van der Waals surface area contributed by atoms with Gasteiger partial charge in [-0.15, -0.1) is 0 Å². The Bertz CT molecular complexity index is 339. The summed E-state index contributed by atoms with van der Waals surface area (Å²) in [7, 11) is 0. The lowest BCUT2D eigenvalue weighted by Crippen LogP contribution is -2.21. The van der Waals surface area contributed by atoms with Gasteiger partial charge < -0.3 is 5.32 Å². The minimum Gasteiger partial charge on any atom is -0.311 e. The van der Waals surface area contributed by atoms with E-state index in [4.69, 9.17) is 5.26 Å². The van der Waals surface area contributed by atoms with Crippen molar-refractivity contribution in [1.82, 2.24) is 5.32 Å². The van der Waals surface area contributed by atoms with Crippen LogP contribution in [0.15, 0.2) is 24.3 Å². The zero-order valence-corrected chi connectivity index (χ0v) is 9.46. The maximum atomic E-state index is 8.78. The highest BCUT2D eigenvalue weighted by Gasteiger charge is 2.02. The molecule has 0 spiro atoms. The van der Waals surface area contributed by atoms with E-state index in [1.807, 2.05) is 6.92 Å². The smallest absolute Gasteiger partial charge is 0.0669 e. The number of hydrogen-bond donors (Lipinski definition) is 1. The highest BCUT2D eigenvalue weighted by atomic mass is 14.9. The molecule has 1 aromatic carbocycles. The normalized spacial score (nSPS) is 12.1. The highest BCUT2D eigenvalue weighted by Crippen LogP contribution is 2.04. The maximum absolute atomic E-state index is 8.78. The zero-order chi connectivity index (χ0) is 11.1. The molecule has 0 aliphatic carbocycles. The second-order valence-corrected chi connectivity index (χ2v) is 3.85. The number of benzene rings is 1. The Morgan fingerprint density at radius 3 is 2.87 bits per heavy atom. The van der Waals surface area contributed by atoms with Crippen molar-refractivity contribution >= 4 is 0 Å². The van der Waals surface area contributed by atoms with Crippen molar-refractivity contribution in [1.29, 1.82) is 5.26 Å². The fourth-order valence-corrected chi connectivity index (χ4v) is 1.49. The Labute approximate surface area is 91.9 Å². The Balaban J connectivity index is 2.35. The molecule has 0 saturated heterocycles. The number of aryl methyl sites for hydroxylation is 1. The van der Waals surface area contributed by atoms with Gasteiger partial charge in [-0.05, 0) is 18.9 Å². The quantitative estimate of drug-likeness (QED) is 0.796. The SMILES string of the molecule is CCC(C#N)CNCc1cccc(C)c1. The summed E-state index contributed by atoms with van der Waals surface area (Å²) < 4.78 is 0. The predicted molar refractivity (Wildman–Crippen MR) is 62.3 cm³/mol. The number of hydrogen-bond acceptors (Lipinski definition) is 2. The second kappa shape index (κ2) is 6.21. The van der Waals surface area contributed by atoms with Gasteiger partial charge in [-0.3, -0.25) is 0 Å². The molecule has 1 aromatic rings. The van der Waals surface area contributed by atoms with Gasteiger partial charge in [0.25, 0.3) is 0 Å². The van der Waals surface area contributed by atoms with Gasteiger partial charge in [0.1, 0.15) is 0 Å². The summed E-state index contributed by atoms with van der Waals surface area (Å²) in [6.07, 6.45) is 0.914. The van der Waals surface area contributed by atoms with Crippen LogP contribution in [-0.4, -0.2) is 6.54 Å². The zero-order valence-electron chi connectivity index (χ0n) is 9.46. The summed E-state index contributed by atoms with van der Waals surface area (Å²) in [6, 6.07) is 10.7. The molecule has 0 saturated carbocycles. The molecule has 0 heterocycles. The fraction of sp³-hybridized carbons (Fsp3) is 0.462. The van der Waals surface area contributed by atoms with Crippen LogP contribution >= 0.6 is 0 Å². The third-order valence-corrected chi connectivity index (χ3v) is 2.48. The molecule has 15 heavy (non-hydrogen) atoms. The number of nitriles is 1. The second-order valence-electron chi connectivity index (χ2n) is 3.85. The maximum Gasteiger partial charge on any atom is 0.0669 e. The van der Waals surface area contributed by atoms with Gasteiger partial charge in [0.05, 0.1) is 12.0 Å². The predicted octanol–water partition coefficient (Wildman–Crippen LogP) is 2.63. The Kier molecular flexibility index (Phi) is 4.86. The molecule has 0 aliphatic heterocycles. The first-order valence-electron chi connectivity index (χ1n) is 5.42. The molecule has 0 radical (unpaired) electrons. The van der Waals surface area contributed by atoms with Crippen molar-refractivity contribution < 1.29 is 0 Å². The van der Waals surface area contributed by atoms with Crippen LogP contribution in [0, 0.1) is 24.2 Å². The van der Waals surface area contributed by atoms with Crippen LogP contribution in [0.3, 0.4) is 0 Å². The van der Waals surface area contributed by atoms with E-state index in [1.54, 1.807) is 0 Å². The standard InChI is InChI=1S/C13H18N2/c1-3-12(8-14)9-15-10-13-6-4-5-11(2)7-13/h4-7,12,15H,3,9-10H2,1-2H3. The summed E-state index contributed by atoms with van der Waals surface area (Å²) in [5.74, 6) is 0.134. The van der Waals surface area contributed by atoms with Crippen LogP contribution in [0.2, 0.25) is 0 Å². The van der Waals surface area contributed by atoms with E-state index in [0.29, 0.717) is 0 Å². The lowest BCUT2D eigenvalue weighted by molar-refractivity contribution is 0.553. The lowest BCUT2D eigenvalue weighted by Gasteiger charge is -2.08. The van der Waals surface area contributed by atoms with Crippen LogP contribution in [-0.2, 0) is 6.54 Å². The van der Waals surface area contributed by atoms with Gasteiger partial charge in [0.2, 0.25) is 0 Å². The molecule has 0 amide bonds. The molecule has 80 valence electrons. The van der Waals surface area contributed by atoms with Crippen molar-refractivity contribution in [3.63, 3.8) is 0 Å². The number of rotatable bonds is 5. The van der Waals surface area contributed by atoms with E-state index in [0.717, 1.165) is 19.5 Å². The Morgan fingerprint density at radius 1 is 1.47 bits per heavy atom. The summed E-state index contributed by atoms with van der Waals surface area (Å²) in [4.78, 5) is 0. The third-order valence-electron chi connectivity index (χ3n) is 2.48. The summed E-state index contributed by atoms with van der Waals surface area (Å²) in [5, 5.41) is 12.1. The van der Waals surface area contributed by atoms with Gasteiger partial charge in [-0.25, -0.2) is 0 Å². The van der Waals surface area contributed by atoms with Crippen LogP contribution in [0.25, 0.3) is 0 Å². The van der Waals surface area contributed by atoms with Gasteiger partial charge in [0, 0.05) is 13.1 Å². The van der Waals surface area contributed by atoms with E-state index in [2.05, 4.69) is 42.6 Å². The highest BCUT2D eigenvalue weighted by molar-refractivity contribution is 5.21. The molecule has 2 heteroatoms. The average molecular weight is 202 g/mol. The van der Waals surface area contributed by atoms with Crippen molar-refractivity contribution in [2.45, 2.75) is 26.8 Å². The molecule has 0 aromatic heterocycles. The van der Waals surface area contributed by atoms with Crippen molar-refractivity contribution in [3.05, 3.63) is 35.4 Å². The van der Waals surface area contributed by atoms with Crippen molar-refractivity contribution in [3.8, 4) is 6.07 Å². The van der Waals surface area contributed by atoms with Crippen molar-refractivity contribution in [2.24, 2.45) is 5.92 Å². The topological polar surface area (TPSA) is 35.8 Å². The molecule has 1 atom stereocenters.